The topological polar surface area (TPSA) is 3.24 Å². The summed E-state index contributed by atoms with van der Waals surface area (Å²) >= 11 is 9.05. The molecule has 0 aliphatic heterocycles. The highest BCUT2D eigenvalue weighted by molar-refractivity contribution is 9.10. The molecule has 0 amide bonds. The van der Waals surface area contributed by atoms with Crippen molar-refractivity contribution in [2.24, 2.45) is 5.92 Å². The molecule has 1 saturated carbocycles. The lowest BCUT2D eigenvalue weighted by Crippen LogP contribution is -2.34. The molecule has 0 radical (unpaired) electrons. The van der Waals surface area contributed by atoms with Gasteiger partial charge in [-0.05, 0) is 53.2 Å². The molecule has 0 unspecified atom stereocenters. The van der Waals surface area contributed by atoms with Crippen LogP contribution >= 0.6 is 43.2 Å². The van der Waals surface area contributed by atoms with E-state index in [1.54, 1.807) is 0 Å². The fraction of sp³-hybridized carbons (Fsp3) is 0.636. The highest BCUT2D eigenvalue weighted by Gasteiger charge is 2.27. The summed E-state index contributed by atoms with van der Waals surface area (Å²) in [6.07, 6.45) is 2.69. The molecule has 4 heteroatoms. The monoisotopic (exact) mass is 351 g/mol. The first kappa shape index (κ1) is 12.1. The molecule has 0 aromatic carbocycles. The van der Waals surface area contributed by atoms with E-state index in [0.717, 1.165) is 17.3 Å². The molecule has 1 nitrogen and oxygen atoms in total. The van der Waals surface area contributed by atoms with E-state index in [1.165, 1.54) is 28.7 Å². The van der Waals surface area contributed by atoms with Gasteiger partial charge < -0.3 is 4.90 Å². The van der Waals surface area contributed by atoms with E-state index in [0.29, 0.717) is 0 Å². The van der Waals surface area contributed by atoms with Crippen LogP contribution in [0.1, 0.15) is 17.7 Å². The third-order valence-electron chi connectivity index (χ3n) is 2.85. The minimum absolute atomic E-state index is 0.782. The van der Waals surface area contributed by atoms with Gasteiger partial charge in [0.15, 0.2) is 0 Å². The van der Waals surface area contributed by atoms with E-state index in [-0.39, 0.29) is 0 Å². The van der Waals surface area contributed by atoms with Gasteiger partial charge in [-0.2, -0.15) is 0 Å². The normalized spacial score (nSPS) is 25.6. The lowest BCUT2D eigenvalue weighted by Gasteiger charge is -2.34. The molecule has 0 N–H and O–H groups in total. The Balaban J connectivity index is 1.77. The first-order chi connectivity index (χ1) is 7.15. The molecular formula is C11H15Br2NS. The van der Waals surface area contributed by atoms with Crippen molar-refractivity contribution in [3.8, 4) is 0 Å². The van der Waals surface area contributed by atoms with Gasteiger partial charge in [0.2, 0.25) is 0 Å². The van der Waals surface area contributed by atoms with Gasteiger partial charge in [-0.15, -0.1) is 11.3 Å². The lowest BCUT2D eigenvalue weighted by molar-refractivity contribution is 0.209. The van der Waals surface area contributed by atoms with Crippen molar-refractivity contribution in [3.63, 3.8) is 0 Å². The fourth-order valence-electron chi connectivity index (χ4n) is 1.99. The summed E-state index contributed by atoms with van der Waals surface area (Å²) in [7, 11) is 2.22. The third-order valence-corrected chi connectivity index (χ3v) is 5.51. The van der Waals surface area contributed by atoms with Gasteiger partial charge in [0.05, 0.1) is 0 Å². The third kappa shape index (κ3) is 3.29. The van der Waals surface area contributed by atoms with E-state index in [9.17, 15) is 0 Å². The van der Waals surface area contributed by atoms with Gasteiger partial charge >= 0.3 is 0 Å². The van der Waals surface area contributed by atoms with Gasteiger partial charge in [0, 0.05) is 27.3 Å². The number of thiophene rings is 1. The van der Waals surface area contributed by atoms with E-state index < -0.39 is 0 Å². The van der Waals surface area contributed by atoms with Crippen LogP contribution < -0.4 is 0 Å². The van der Waals surface area contributed by atoms with Crippen molar-refractivity contribution in [2.75, 3.05) is 13.6 Å². The molecule has 0 atom stereocenters. The minimum atomic E-state index is 0.782. The zero-order valence-electron chi connectivity index (χ0n) is 8.75. The Morgan fingerprint density at radius 3 is 2.80 bits per heavy atom. The second kappa shape index (κ2) is 5.30. The molecule has 1 heterocycles. The summed E-state index contributed by atoms with van der Waals surface area (Å²) in [5.41, 5.74) is 0. The second-order valence-corrected chi connectivity index (χ2v) is 7.47. The average molecular weight is 353 g/mol. The molecule has 84 valence electrons. The van der Waals surface area contributed by atoms with Crippen molar-refractivity contribution in [2.45, 2.75) is 24.2 Å². The number of alkyl halides is 1. The number of hydrogen-bond donors (Lipinski definition) is 0. The second-order valence-electron chi connectivity index (χ2n) is 4.32. The van der Waals surface area contributed by atoms with Crippen LogP contribution in [0, 0.1) is 5.92 Å². The molecule has 0 bridgehead atoms. The Morgan fingerprint density at radius 2 is 2.27 bits per heavy atom. The SMILES string of the molecule is CN(Cc1sccc1Br)CC1CC(Br)C1. The Morgan fingerprint density at radius 1 is 1.53 bits per heavy atom. The largest absolute Gasteiger partial charge is 0.301 e. The van der Waals surface area contributed by atoms with Gasteiger partial charge in [-0.25, -0.2) is 0 Å². The molecule has 15 heavy (non-hydrogen) atoms. The van der Waals surface area contributed by atoms with Crippen molar-refractivity contribution >= 4 is 43.2 Å². The minimum Gasteiger partial charge on any atom is -0.301 e. The Bertz CT molecular complexity index is 320. The summed E-state index contributed by atoms with van der Waals surface area (Å²) in [4.78, 5) is 4.65. The Labute approximate surface area is 112 Å². The molecular weight excluding hydrogens is 338 g/mol. The standard InChI is InChI=1S/C11H15Br2NS/c1-14(6-8-4-9(12)5-8)7-11-10(13)2-3-15-11/h2-3,8-9H,4-7H2,1H3. The van der Waals surface area contributed by atoms with Crippen molar-refractivity contribution in [1.82, 2.24) is 4.90 Å². The number of rotatable bonds is 4. The van der Waals surface area contributed by atoms with Crippen LogP contribution in [0.2, 0.25) is 0 Å². The molecule has 0 spiro atoms. The van der Waals surface area contributed by atoms with Crippen molar-refractivity contribution in [3.05, 3.63) is 20.8 Å². The molecule has 1 aliphatic carbocycles. The number of nitrogens with zero attached hydrogens (tertiary/aromatic N) is 1. The van der Waals surface area contributed by atoms with Crippen LogP contribution in [0.3, 0.4) is 0 Å². The van der Waals surface area contributed by atoms with Crippen LogP contribution in [0.4, 0.5) is 0 Å². The van der Waals surface area contributed by atoms with Gasteiger partial charge in [0.25, 0.3) is 0 Å². The fourth-order valence-corrected chi connectivity index (χ4v) is 4.61. The maximum atomic E-state index is 3.64. The summed E-state index contributed by atoms with van der Waals surface area (Å²) in [6, 6.07) is 2.13. The van der Waals surface area contributed by atoms with Crippen molar-refractivity contribution < 1.29 is 0 Å². The lowest BCUT2D eigenvalue weighted by atomic mass is 9.85. The highest BCUT2D eigenvalue weighted by Crippen LogP contribution is 2.34. The molecule has 0 saturated heterocycles. The molecule has 2 rings (SSSR count). The smallest absolute Gasteiger partial charge is 0.0336 e. The zero-order valence-corrected chi connectivity index (χ0v) is 12.7. The highest BCUT2D eigenvalue weighted by atomic mass is 79.9. The molecule has 1 aromatic rings. The summed E-state index contributed by atoms with van der Waals surface area (Å²) < 4.78 is 1.26. The molecule has 1 aliphatic rings. The van der Waals surface area contributed by atoms with Crippen LogP contribution in [-0.4, -0.2) is 23.3 Å². The molecule has 1 fully saturated rings. The first-order valence-corrected chi connectivity index (χ1v) is 7.78. The number of halogens is 2. The first-order valence-electron chi connectivity index (χ1n) is 5.19. The van der Waals surface area contributed by atoms with E-state index in [2.05, 4.69) is 55.3 Å². The maximum absolute atomic E-state index is 3.64. The van der Waals surface area contributed by atoms with Gasteiger partial charge in [-0.3, -0.25) is 0 Å². The summed E-state index contributed by atoms with van der Waals surface area (Å²) in [5.74, 6) is 0.901. The molecule has 1 aromatic heterocycles. The van der Waals surface area contributed by atoms with Crippen LogP contribution in [-0.2, 0) is 6.54 Å². The summed E-state index contributed by atoms with van der Waals surface area (Å²) in [6.45, 7) is 2.30. The van der Waals surface area contributed by atoms with Gasteiger partial charge in [-0.1, -0.05) is 15.9 Å². The number of hydrogen-bond acceptors (Lipinski definition) is 2. The van der Waals surface area contributed by atoms with E-state index in [4.69, 9.17) is 0 Å². The van der Waals surface area contributed by atoms with Crippen LogP contribution in [0.15, 0.2) is 15.9 Å². The van der Waals surface area contributed by atoms with Crippen molar-refractivity contribution in [1.29, 1.82) is 0 Å². The van der Waals surface area contributed by atoms with Gasteiger partial charge in [0.1, 0.15) is 0 Å². The predicted molar refractivity (Wildman–Crippen MR) is 73.8 cm³/mol. The Hall–Kier alpha value is 0.620. The van der Waals surface area contributed by atoms with Crippen LogP contribution in [0.25, 0.3) is 0 Å². The zero-order chi connectivity index (χ0) is 10.8. The predicted octanol–water partition coefficient (Wildman–Crippen LogP) is 4.12. The van der Waals surface area contributed by atoms with E-state index >= 15 is 0 Å². The maximum Gasteiger partial charge on any atom is 0.0336 e. The Kier molecular flexibility index (Phi) is 4.27. The average Bonchev–Trinajstić information content (AvgIpc) is 2.49. The summed E-state index contributed by atoms with van der Waals surface area (Å²) in [5, 5.41) is 2.14. The van der Waals surface area contributed by atoms with E-state index in [1.807, 2.05) is 11.3 Å². The quantitative estimate of drug-likeness (QED) is 0.737. The van der Waals surface area contributed by atoms with Crippen LogP contribution in [0.5, 0.6) is 0 Å².